The van der Waals surface area contributed by atoms with Crippen molar-refractivity contribution in [3.05, 3.63) is 52.8 Å². The average Bonchev–Trinajstić information content (AvgIpc) is 3.17. The Bertz CT molecular complexity index is 828. The minimum atomic E-state index is -0.908. The van der Waals surface area contributed by atoms with E-state index < -0.39 is 5.97 Å². The third-order valence-electron chi connectivity index (χ3n) is 5.02. The molecule has 1 fully saturated rings. The summed E-state index contributed by atoms with van der Waals surface area (Å²) in [6.45, 7) is 5.04. The molecule has 1 aromatic heterocycles. The Morgan fingerprint density at radius 1 is 1.26 bits per heavy atom. The number of amides is 1. The summed E-state index contributed by atoms with van der Waals surface area (Å²) in [5.41, 5.74) is 3.67. The van der Waals surface area contributed by atoms with Crippen LogP contribution in [0.4, 0.5) is 0 Å². The van der Waals surface area contributed by atoms with Gasteiger partial charge in [-0.25, -0.2) is 0 Å². The molecule has 7 heteroatoms. The Hall–Kier alpha value is -2.67. The van der Waals surface area contributed by atoms with Crippen molar-refractivity contribution in [2.75, 3.05) is 13.7 Å². The number of carbonyl (C=O) groups excluding carboxylic acids is 1. The zero-order valence-electron chi connectivity index (χ0n) is 15.9. The Balaban J connectivity index is 1.72. The number of benzene rings is 1. The number of aryl methyl sites for hydroxylation is 2. The summed E-state index contributed by atoms with van der Waals surface area (Å²) in [5, 5.41) is 13.6. The van der Waals surface area contributed by atoms with Crippen LogP contribution >= 0.6 is 0 Å². The number of aliphatic carboxylic acids is 1. The van der Waals surface area contributed by atoms with E-state index >= 15 is 0 Å². The van der Waals surface area contributed by atoms with Gasteiger partial charge in [0, 0.05) is 31.0 Å². The number of aromatic nitrogens is 2. The van der Waals surface area contributed by atoms with Crippen LogP contribution in [0.1, 0.15) is 40.2 Å². The van der Waals surface area contributed by atoms with Gasteiger partial charge >= 0.3 is 5.97 Å². The molecule has 1 amide bonds. The zero-order chi connectivity index (χ0) is 19.6. The van der Waals surface area contributed by atoms with Crippen LogP contribution < -0.4 is 0 Å². The van der Waals surface area contributed by atoms with Crippen molar-refractivity contribution in [2.45, 2.75) is 45.4 Å². The molecule has 1 aliphatic heterocycles. The second-order valence-electron chi connectivity index (χ2n) is 7.08. The van der Waals surface area contributed by atoms with Crippen LogP contribution in [0.2, 0.25) is 0 Å². The fraction of sp³-hybridized carbons (Fsp3) is 0.450. The first kappa shape index (κ1) is 19.1. The summed E-state index contributed by atoms with van der Waals surface area (Å²) in [5.74, 6) is -1.06. The number of hydrogen-bond donors (Lipinski definition) is 1. The van der Waals surface area contributed by atoms with E-state index in [9.17, 15) is 9.59 Å². The van der Waals surface area contributed by atoms with Crippen LogP contribution in [-0.2, 0) is 16.1 Å². The number of methoxy groups -OCH3 is 1. The summed E-state index contributed by atoms with van der Waals surface area (Å²) in [6, 6.07) is 9.11. The monoisotopic (exact) mass is 371 g/mol. The van der Waals surface area contributed by atoms with Gasteiger partial charge in [-0.1, -0.05) is 12.1 Å². The van der Waals surface area contributed by atoms with E-state index in [4.69, 9.17) is 9.84 Å². The van der Waals surface area contributed by atoms with E-state index in [1.165, 1.54) is 0 Å². The van der Waals surface area contributed by atoms with Gasteiger partial charge in [-0.3, -0.25) is 14.3 Å². The number of carbonyl (C=O) groups is 2. The highest BCUT2D eigenvalue weighted by Crippen LogP contribution is 2.25. The molecule has 2 atom stereocenters. The van der Waals surface area contributed by atoms with Crippen molar-refractivity contribution >= 4 is 11.9 Å². The SMILES string of the molecule is COC1CC(CC(=O)O)N(C(=O)c2ccc(Cn3nc(C)cc3C)cc2)C1. The van der Waals surface area contributed by atoms with E-state index in [1.807, 2.05) is 36.7 Å². The molecular weight excluding hydrogens is 346 g/mol. The summed E-state index contributed by atoms with van der Waals surface area (Å²) in [6.07, 6.45) is 0.357. The van der Waals surface area contributed by atoms with Crippen molar-refractivity contribution in [1.29, 1.82) is 0 Å². The number of hydrogen-bond acceptors (Lipinski definition) is 4. The Labute approximate surface area is 158 Å². The van der Waals surface area contributed by atoms with Gasteiger partial charge < -0.3 is 14.7 Å². The summed E-state index contributed by atoms with van der Waals surface area (Å²) >= 11 is 0. The summed E-state index contributed by atoms with van der Waals surface area (Å²) < 4.78 is 7.27. The number of carboxylic acid groups (broad SMARTS) is 1. The lowest BCUT2D eigenvalue weighted by atomic mass is 10.1. The molecule has 2 unspecified atom stereocenters. The predicted octanol–water partition coefficient (Wildman–Crippen LogP) is 2.25. The van der Waals surface area contributed by atoms with Crippen molar-refractivity contribution in [1.82, 2.24) is 14.7 Å². The lowest BCUT2D eigenvalue weighted by Gasteiger charge is -2.23. The molecule has 7 nitrogen and oxygen atoms in total. The predicted molar refractivity (Wildman–Crippen MR) is 99.7 cm³/mol. The molecule has 0 bridgehead atoms. The highest BCUT2D eigenvalue weighted by Gasteiger charge is 2.36. The molecule has 27 heavy (non-hydrogen) atoms. The quantitative estimate of drug-likeness (QED) is 0.842. The van der Waals surface area contributed by atoms with Crippen LogP contribution in [0, 0.1) is 13.8 Å². The standard InChI is InChI=1S/C20H25N3O4/c1-13-8-14(2)23(21-13)11-15-4-6-16(7-5-15)20(26)22-12-18(27-3)9-17(22)10-19(24)25/h4-8,17-18H,9-12H2,1-3H3,(H,24,25). The molecule has 144 valence electrons. The second kappa shape index (κ2) is 7.92. The molecule has 1 aliphatic rings. The zero-order valence-corrected chi connectivity index (χ0v) is 15.9. The van der Waals surface area contributed by atoms with Gasteiger partial charge in [0.15, 0.2) is 0 Å². The Morgan fingerprint density at radius 3 is 2.52 bits per heavy atom. The number of carboxylic acids is 1. The van der Waals surface area contributed by atoms with E-state index in [0.29, 0.717) is 25.1 Å². The molecule has 2 aromatic rings. The molecule has 2 heterocycles. The molecule has 1 N–H and O–H groups in total. The van der Waals surface area contributed by atoms with E-state index in [1.54, 1.807) is 24.1 Å². The minimum Gasteiger partial charge on any atom is -0.481 e. The van der Waals surface area contributed by atoms with Gasteiger partial charge in [0.2, 0.25) is 0 Å². The summed E-state index contributed by atoms with van der Waals surface area (Å²) in [4.78, 5) is 25.6. The molecular formula is C20H25N3O4. The second-order valence-corrected chi connectivity index (χ2v) is 7.08. The molecule has 0 saturated carbocycles. The van der Waals surface area contributed by atoms with Crippen molar-refractivity contribution in [3.8, 4) is 0 Å². The van der Waals surface area contributed by atoms with Gasteiger partial charge in [-0.15, -0.1) is 0 Å². The van der Waals surface area contributed by atoms with Crippen molar-refractivity contribution < 1.29 is 19.4 Å². The molecule has 3 rings (SSSR count). The van der Waals surface area contributed by atoms with Gasteiger partial charge in [-0.05, 0) is 44.0 Å². The fourth-order valence-electron chi connectivity index (χ4n) is 3.61. The normalized spacial score (nSPS) is 19.4. The smallest absolute Gasteiger partial charge is 0.305 e. The number of likely N-dealkylation sites (tertiary alicyclic amines) is 1. The van der Waals surface area contributed by atoms with E-state index in [0.717, 1.165) is 17.0 Å². The van der Waals surface area contributed by atoms with Crippen LogP contribution in [0.3, 0.4) is 0 Å². The largest absolute Gasteiger partial charge is 0.481 e. The lowest BCUT2D eigenvalue weighted by Crippen LogP contribution is -2.37. The first-order chi connectivity index (χ1) is 12.9. The van der Waals surface area contributed by atoms with Crippen LogP contribution in [-0.4, -0.2) is 57.5 Å². The molecule has 1 aromatic carbocycles. The number of ether oxygens (including phenoxy) is 1. The lowest BCUT2D eigenvalue weighted by molar-refractivity contribution is -0.137. The van der Waals surface area contributed by atoms with Gasteiger partial charge in [-0.2, -0.15) is 5.10 Å². The third kappa shape index (κ3) is 4.36. The van der Waals surface area contributed by atoms with Gasteiger partial charge in [0.1, 0.15) is 0 Å². The first-order valence-corrected chi connectivity index (χ1v) is 9.03. The van der Waals surface area contributed by atoms with Crippen molar-refractivity contribution in [2.24, 2.45) is 0 Å². The van der Waals surface area contributed by atoms with E-state index in [2.05, 4.69) is 5.10 Å². The van der Waals surface area contributed by atoms with E-state index in [-0.39, 0.29) is 24.5 Å². The topological polar surface area (TPSA) is 84.7 Å². The molecule has 1 saturated heterocycles. The summed E-state index contributed by atoms with van der Waals surface area (Å²) in [7, 11) is 1.59. The Morgan fingerprint density at radius 2 is 1.96 bits per heavy atom. The van der Waals surface area contributed by atoms with Crippen LogP contribution in [0.5, 0.6) is 0 Å². The average molecular weight is 371 g/mol. The van der Waals surface area contributed by atoms with Gasteiger partial charge in [0.05, 0.1) is 24.8 Å². The minimum absolute atomic E-state index is 0.0678. The molecule has 0 radical (unpaired) electrons. The number of nitrogens with zero attached hydrogens (tertiary/aromatic N) is 3. The number of rotatable bonds is 6. The maximum absolute atomic E-state index is 12.9. The maximum Gasteiger partial charge on any atom is 0.305 e. The third-order valence-corrected chi connectivity index (χ3v) is 5.02. The van der Waals surface area contributed by atoms with Crippen LogP contribution in [0.15, 0.2) is 30.3 Å². The Kier molecular flexibility index (Phi) is 5.60. The maximum atomic E-state index is 12.9. The van der Waals surface area contributed by atoms with Crippen molar-refractivity contribution in [3.63, 3.8) is 0 Å². The molecule has 0 aliphatic carbocycles. The first-order valence-electron chi connectivity index (χ1n) is 9.03. The molecule has 0 spiro atoms. The van der Waals surface area contributed by atoms with Gasteiger partial charge in [0.25, 0.3) is 5.91 Å². The van der Waals surface area contributed by atoms with Crippen LogP contribution in [0.25, 0.3) is 0 Å². The highest BCUT2D eigenvalue weighted by molar-refractivity contribution is 5.95. The highest BCUT2D eigenvalue weighted by atomic mass is 16.5. The fourth-order valence-corrected chi connectivity index (χ4v) is 3.61.